The van der Waals surface area contributed by atoms with Crippen LogP contribution in [-0.2, 0) is 44.1 Å². The van der Waals surface area contributed by atoms with Gasteiger partial charge in [0.2, 0.25) is 15.9 Å². The zero-order chi connectivity index (χ0) is 26.9. The van der Waals surface area contributed by atoms with Crippen molar-refractivity contribution in [3.05, 3.63) is 48.5 Å². The molecule has 0 saturated carbocycles. The first-order chi connectivity index (χ1) is 16.6. The second-order valence-corrected chi connectivity index (χ2v) is 11.2. The Hall–Kier alpha value is -3.62. The van der Waals surface area contributed by atoms with Crippen molar-refractivity contribution in [2.75, 3.05) is 10.9 Å². The van der Waals surface area contributed by atoms with Gasteiger partial charge in [-0.3, -0.25) is 13.9 Å². The Morgan fingerprint density at radius 1 is 0.944 bits per heavy atom. The van der Waals surface area contributed by atoms with E-state index in [1.165, 1.54) is 0 Å². The van der Waals surface area contributed by atoms with E-state index in [1.807, 2.05) is 0 Å². The highest BCUT2D eigenvalue weighted by Crippen LogP contribution is 2.25. The fraction of sp³-hybridized carbons (Fsp3) is 0.118. The summed E-state index contributed by atoms with van der Waals surface area (Å²) in [6, 6.07) is 6.70. The van der Waals surface area contributed by atoms with Crippen LogP contribution in [0.4, 0.5) is 11.4 Å². The molecule has 192 valence electrons. The van der Waals surface area contributed by atoms with Crippen LogP contribution in [0.5, 0.6) is 0 Å². The van der Waals surface area contributed by atoms with E-state index < -0.39 is 69.7 Å². The first kappa shape index (κ1) is 27.0. The topological polar surface area (TPSA) is 247 Å². The number of azo groups is 1. The van der Waals surface area contributed by atoms with Crippen LogP contribution in [0.1, 0.15) is 0 Å². The molecule has 3 rings (SSSR count). The van der Waals surface area contributed by atoms with Gasteiger partial charge in [0.1, 0.15) is 0 Å². The van der Waals surface area contributed by atoms with Crippen LogP contribution in [0.3, 0.4) is 0 Å². The van der Waals surface area contributed by atoms with Crippen LogP contribution in [0.15, 0.2) is 73.7 Å². The van der Waals surface area contributed by atoms with Crippen LogP contribution >= 0.6 is 0 Å². The lowest BCUT2D eigenvalue weighted by Crippen LogP contribution is -2.33. The number of carbonyl (C=O) groups excluding carboxylic acids is 1. The number of carbonyl (C=O) groups is 2. The molecule has 1 amide bonds. The molecule has 0 aliphatic carbocycles. The predicted molar refractivity (Wildman–Crippen MR) is 118 cm³/mol. The molecule has 1 atom stereocenters. The van der Waals surface area contributed by atoms with Crippen LogP contribution in [-0.4, -0.2) is 69.0 Å². The minimum absolute atomic E-state index is 0.0156. The Morgan fingerprint density at radius 2 is 1.50 bits per heavy atom. The molecule has 36 heavy (non-hydrogen) atoms. The van der Waals surface area contributed by atoms with Gasteiger partial charge in [-0.05, 0) is 48.5 Å². The third-order valence-electron chi connectivity index (χ3n) is 4.34. The SMILES string of the molecule is O=C(O)C1=NN(c2ccc(S(=O)(=O)O)cc2)C(=O)C1N=Nc1ccc(S(=O)(=O)COS(=O)(=O)O)cc1. The van der Waals surface area contributed by atoms with Gasteiger partial charge in [0.25, 0.3) is 16.0 Å². The quantitative estimate of drug-likeness (QED) is 0.278. The number of nitrogens with zero attached hydrogens (tertiary/aromatic N) is 4. The van der Waals surface area contributed by atoms with Gasteiger partial charge in [0.05, 0.1) is 21.2 Å². The Kier molecular flexibility index (Phi) is 7.34. The van der Waals surface area contributed by atoms with Crippen molar-refractivity contribution in [1.29, 1.82) is 0 Å². The number of carboxylic acid groups (broad SMARTS) is 1. The first-order valence-corrected chi connectivity index (χ1v) is 13.6. The van der Waals surface area contributed by atoms with Gasteiger partial charge in [-0.1, -0.05) is 0 Å². The summed E-state index contributed by atoms with van der Waals surface area (Å²) >= 11 is 0. The summed E-state index contributed by atoms with van der Waals surface area (Å²) < 4.78 is 88.9. The van der Waals surface area contributed by atoms with Gasteiger partial charge >= 0.3 is 16.4 Å². The number of hydrazone groups is 1. The van der Waals surface area contributed by atoms with Crippen molar-refractivity contribution in [3.63, 3.8) is 0 Å². The Labute approximate surface area is 203 Å². The van der Waals surface area contributed by atoms with Gasteiger partial charge in [-0.25, -0.2) is 17.4 Å². The van der Waals surface area contributed by atoms with Crippen molar-refractivity contribution in [2.45, 2.75) is 15.8 Å². The summed E-state index contributed by atoms with van der Waals surface area (Å²) in [7, 11) is -13.8. The fourth-order valence-corrected chi connectivity index (χ4v) is 4.85. The molecule has 19 heteroatoms. The van der Waals surface area contributed by atoms with Gasteiger partial charge in [0.15, 0.2) is 11.7 Å². The number of rotatable bonds is 9. The first-order valence-electron chi connectivity index (χ1n) is 9.17. The van der Waals surface area contributed by atoms with E-state index in [0.717, 1.165) is 48.5 Å². The molecule has 0 fully saturated rings. The lowest BCUT2D eigenvalue weighted by molar-refractivity contribution is -0.130. The molecule has 1 aliphatic heterocycles. The number of sulfone groups is 1. The molecule has 3 N–H and O–H groups in total. The highest BCUT2D eigenvalue weighted by Gasteiger charge is 2.41. The second kappa shape index (κ2) is 9.79. The van der Waals surface area contributed by atoms with Crippen LogP contribution < -0.4 is 5.01 Å². The molecular formula is C17H14N4O12S3. The molecule has 0 spiro atoms. The molecule has 1 heterocycles. The number of aliphatic carboxylic acids is 1. The third kappa shape index (κ3) is 6.33. The zero-order valence-electron chi connectivity index (χ0n) is 17.4. The average molecular weight is 563 g/mol. The highest BCUT2D eigenvalue weighted by atomic mass is 32.3. The summed E-state index contributed by atoms with van der Waals surface area (Å²) in [6.07, 6.45) is 0. The van der Waals surface area contributed by atoms with Crippen molar-refractivity contribution < 1.29 is 53.2 Å². The van der Waals surface area contributed by atoms with E-state index in [4.69, 9.17) is 9.11 Å². The maximum absolute atomic E-state index is 12.7. The number of hydrogen-bond acceptors (Lipinski definition) is 12. The summed E-state index contributed by atoms with van der Waals surface area (Å²) in [4.78, 5) is 23.4. The predicted octanol–water partition coefficient (Wildman–Crippen LogP) is 0.424. The molecule has 16 nitrogen and oxygen atoms in total. The van der Waals surface area contributed by atoms with Crippen LogP contribution in [0.2, 0.25) is 0 Å². The van der Waals surface area contributed by atoms with E-state index in [9.17, 15) is 39.9 Å². The highest BCUT2D eigenvalue weighted by molar-refractivity contribution is 7.92. The molecule has 0 saturated heterocycles. The van der Waals surface area contributed by atoms with E-state index in [1.54, 1.807) is 0 Å². The average Bonchev–Trinajstić information content (AvgIpc) is 3.12. The number of anilines is 1. The lowest BCUT2D eigenvalue weighted by atomic mass is 10.2. The molecular weight excluding hydrogens is 548 g/mol. The van der Waals surface area contributed by atoms with Crippen LogP contribution in [0, 0.1) is 0 Å². The monoisotopic (exact) mass is 562 g/mol. The van der Waals surface area contributed by atoms with Gasteiger partial charge < -0.3 is 5.11 Å². The molecule has 0 radical (unpaired) electrons. The lowest BCUT2D eigenvalue weighted by Gasteiger charge is -2.12. The number of benzene rings is 2. The molecule has 1 aliphatic rings. The van der Waals surface area contributed by atoms with Crippen molar-refractivity contribution >= 4 is 59.3 Å². The fourth-order valence-electron chi connectivity index (χ4n) is 2.69. The standard InChI is InChI=1S/C17H14N4O12S3/c22-16-14(15(17(23)24)20-21(16)11-3-7-13(8-4-11)35(27,28)29)19-18-10-1-5-12(6-2-10)34(25,26)9-33-36(30,31)32/h1-8,14H,9H2,(H,23,24)(H,27,28,29)(H,30,31,32). The van der Waals surface area contributed by atoms with E-state index in [0.29, 0.717) is 5.01 Å². The van der Waals surface area contributed by atoms with Crippen LogP contribution in [0.25, 0.3) is 0 Å². The van der Waals surface area contributed by atoms with Gasteiger partial charge in [-0.2, -0.15) is 37.2 Å². The Morgan fingerprint density at radius 3 is 2.00 bits per heavy atom. The maximum Gasteiger partial charge on any atom is 0.398 e. The van der Waals surface area contributed by atoms with E-state index in [-0.39, 0.29) is 11.4 Å². The third-order valence-corrected chi connectivity index (χ3v) is 7.20. The van der Waals surface area contributed by atoms with Gasteiger partial charge in [0, 0.05) is 0 Å². The number of hydrogen-bond donors (Lipinski definition) is 3. The van der Waals surface area contributed by atoms with Crippen molar-refractivity contribution in [1.82, 2.24) is 0 Å². The Bertz CT molecular complexity index is 1580. The zero-order valence-corrected chi connectivity index (χ0v) is 19.9. The number of amides is 1. The maximum atomic E-state index is 12.7. The summed E-state index contributed by atoms with van der Waals surface area (Å²) in [6.45, 7) is 0. The molecule has 2 aromatic rings. The van der Waals surface area contributed by atoms with Crippen molar-refractivity contribution in [2.24, 2.45) is 15.3 Å². The minimum Gasteiger partial charge on any atom is -0.477 e. The second-order valence-electron chi connectivity index (χ2n) is 6.80. The summed E-state index contributed by atoms with van der Waals surface area (Å²) in [5.41, 5.74) is -0.743. The van der Waals surface area contributed by atoms with E-state index >= 15 is 0 Å². The summed E-state index contributed by atoms with van der Waals surface area (Å²) in [5.74, 6) is -3.90. The Balaban J connectivity index is 1.81. The van der Waals surface area contributed by atoms with Gasteiger partial charge in [-0.15, -0.1) is 0 Å². The molecule has 0 bridgehead atoms. The molecule has 2 aromatic carbocycles. The normalized spacial score (nSPS) is 16.9. The smallest absolute Gasteiger partial charge is 0.398 e. The van der Waals surface area contributed by atoms with Crippen molar-refractivity contribution in [3.8, 4) is 0 Å². The minimum atomic E-state index is -4.99. The largest absolute Gasteiger partial charge is 0.477 e. The summed E-state index contributed by atoms with van der Waals surface area (Å²) in [5, 5.41) is 21.1. The number of carboxylic acids is 1. The van der Waals surface area contributed by atoms with E-state index in [2.05, 4.69) is 19.5 Å². The molecule has 1 unspecified atom stereocenters. The molecule has 0 aromatic heterocycles.